The van der Waals surface area contributed by atoms with Gasteiger partial charge in [-0.2, -0.15) is 4.98 Å². The van der Waals surface area contributed by atoms with E-state index in [1.807, 2.05) is 0 Å². The van der Waals surface area contributed by atoms with Gasteiger partial charge in [0.25, 0.3) is 5.56 Å². The van der Waals surface area contributed by atoms with Gasteiger partial charge in [-0.25, -0.2) is 0 Å². The van der Waals surface area contributed by atoms with E-state index >= 15 is 0 Å². The summed E-state index contributed by atoms with van der Waals surface area (Å²) >= 11 is 0. The topological polar surface area (TPSA) is 173 Å². The second-order valence-corrected chi connectivity index (χ2v) is 5.14. The Labute approximate surface area is 123 Å². The van der Waals surface area contributed by atoms with Crippen LogP contribution < -0.4 is 17.0 Å². The van der Waals surface area contributed by atoms with E-state index in [0.717, 1.165) is 0 Å². The molecule has 0 amide bonds. The van der Waals surface area contributed by atoms with Gasteiger partial charge in [-0.3, -0.25) is 9.78 Å². The summed E-state index contributed by atoms with van der Waals surface area (Å²) in [5.41, 5.74) is 11.4. The minimum absolute atomic E-state index is 0.0764. The van der Waals surface area contributed by atoms with Gasteiger partial charge in [0.2, 0.25) is 5.95 Å². The van der Waals surface area contributed by atoms with Crippen molar-refractivity contribution >= 4 is 17.0 Å². The number of aliphatic hydroxyl groups is 3. The van der Waals surface area contributed by atoms with Gasteiger partial charge in [0.15, 0.2) is 11.9 Å². The van der Waals surface area contributed by atoms with Gasteiger partial charge in [-0.1, -0.05) is 0 Å². The second-order valence-electron chi connectivity index (χ2n) is 5.14. The monoisotopic (exact) mass is 311 g/mol. The molecule has 3 rings (SSSR count). The molecule has 0 spiro atoms. The summed E-state index contributed by atoms with van der Waals surface area (Å²) in [5, 5.41) is 29.4. The standard InChI is InChI=1S/C12H17N5O5/c13-1-4-2-17(9-6(4)10(21)16-12(14)15-9)11-8(20)7(19)5(3-18)22-11/h2,5,7-8,11,18-20H,1,3,13H2,(H3,14,15,16,21)/t5-,7-,8-,11-/m1/s1. The van der Waals surface area contributed by atoms with Crippen molar-refractivity contribution in [3.8, 4) is 0 Å². The molecule has 8 N–H and O–H groups in total. The van der Waals surface area contributed by atoms with Crippen LogP contribution >= 0.6 is 0 Å². The fourth-order valence-electron chi connectivity index (χ4n) is 2.71. The van der Waals surface area contributed by atoms with Crippen LogP contribution in [0.2, 0.25) is 0 Å². The molecule has 1 saturated heterocycles. The molecule has 2 aromatic rings. The fourth-order valence-corrected chi connectivity index (χ4v) is 2.71. The number of ether oxygens (including phenoxy) is 1. The SMILES string of the molecule is NCc1cn([C@@H]2O[C@H](CO)[C@@H](O)[C@H]2O)c2nc(N)[nH]c(=O)c12. The fraction of sp³-hybridized carbons (Fsp3) is 0.500. The van der Waals surface area contributed by atoms with Crippen molar-refractivity contribution < 1.29 is 20.1 Å². The molecule has 10 heteroatoms. The van der Waals surface area contributed by atoms with Crippen LogP contribution in [0.3, 0.4) is 0 Å². The predicted molar refractivity (Wildman–Crippen MR) is 75.7 cm³/mol. The first-order valence-corrected chi connectivity index (χ1v) is 6.69. The number of fused-ring (bicyclic) bond motifs is 1. The van der Waals surface area contributed by atoms with Crippen LogP contribution in [-0.2, 0) is 11.3 Å². The molecular formula is C12H17N5O5. The summed E-state index contributed by atoms with van der Waals surface area (Å²) in [6, 6.07) is 0. The second kappa shape index (κ2) is 5.34. The average molecular weight is 311 g/mol. The summed E-state index contributed by atoms with van der Waals surface area (Å²) in [6.07, 6.45) is -2.97. The maximum Gasteiger partial charge on any atom is 0.262 e. The molecule has 3 heterocycles. The van der Waals surface area contributed by atoms with Gasteiger partial charge in [0, 0.05) is 12.7 Å². The van der Waals surface area contributed by atoms with Crippen LogP contribution in [0.1, 0.15) is 11.8 Å². The van der Waals surface area contributed by atoms with Crippen molar-refractivity contribution in [3.05, 3.63) is 22.1 Å². The molecule has 1 aliphatic rings. The molecular weight excluding hydrogens is 294 g/mol. The third-order valence-electron chi connectivity index (χ3n) is 3.79. The molecule has 0 aromatic carbocycles. The van der Waals surface area contributed by atoms with Crippen LogP contribution in [0.5, 0.6) is 0 Å². The van der Waals surface area contributed by atoms with Crippen molar-refractivity contribution in [2.24, 2.45) is 5.73 Å². The van der Waals surface area contributed by atoms with E-state index in [-0.39, 0.29) is 23.5 Å². The molecule has 1 aliphatic heterocycles. The zero-order valence-electron chi connectivity index (χ0n) is 11.5. The van der Waals surface area contributed by atoms with Crippen LogP contribution in [0.15, 0.2) is 11.0 Å². The number of anilines is 1. The Morgan fingerprint density at radius 2 is 2.14 bits per heavy atom. The van der Waals surface area contributed by atoms with Gasteiger partial charge in [-0.15, -0.1) is 0 Å². The Morgan fingerprint density at radius 3 is 2.73 bits per heavy atom. The zero-order valence-corrected chi connectivity index (χ0v) is 11.5. The highest BCUT2D eigenvalue weighted by atomic mass is 16.6. The van der Waals surface area contributed by atoms with E-state index in [1.54, 1.807) is 0 Å². The third-order valence-corrected chi connectivity index (χ3v) is 3.79. The van der Waals surface area contributed by atoms with Crippen molar-refractivity contribution in [1.29, 1.82) is 0 Å². The summed E-state index contributed by atoms with van der Waals surface area (Å²) in [7, 11) is 0. The van der Waals surface area contributed by atoms with Crippen LogP contribution in [0, 0.1) is 0 Å². The lowest BCUT2D eigenvalue weighted by molar-refractivity contribution is -0.0509. The number of aromatic nitrogens is 3. The van der Waals surface area contributed by atoms with Crippen molar-refractivity contribution in [2.75, 3.05) is 12.3 Å². The molecule has 0 bridgehead atoms. The maximum atomic E-state index is 12.0. The predicted octanol–water partition coefficient (Wildman–Crippen LogP) is -2.62. The normalized spacial score (nSPS) is 28.5. The van der Waals surface area contributed by atoms with Crippen molar-refractivity contribution in [1.82, 2.24) is 14.5 Å². The quantitative estimate of drug-likeness (QED) is 0.357. The van der Waals surface area contributed by atoms with Crippen molar-refractivity contribution in [2.45, 2.75) is 31.1 Å². The van der Waals surface area contributed by atoms with E-state index in [0.29, 0.717) is 5.56 Å². The molecule has 10 nitrogen and oxygen atoms in total. The molecule has 2 aromatic heterocycles. The summed E-state index contributed by atoms with van der Waals surface area (Å²) in [6.45, 7) is -0.374. The highest BCUT2D eigenvalue weighted by molar-refractivity contribution is 5.80. The van der Waals surface area contributed by atoms with Gasteiger partial charge in [0.05, 0.1) is 12.0 Å². The van der Waals surface area contributed by atoms with Crippen LogP contribution in [0.25, 0.3) is 11.0 Å². The number of nitrogen functional groups attached to an aromatic ring is 1. The molecule has 1 fully saturated rings. The lowest BCUT2D eigenvalue weighted by atomic mass is 10.1. The van der Waals surface area contributed by atoms with E-state index in [9.17, 15) is 15.0 Å². The summed E-state index contributed by atoms with van der Waals surface area (Å²) < 4.78 is 6.84. The summed E-state index contributed by atoms with van der Waals surface area (Å²) in [5.74, 6) is -0.0906. The lowest BCUT2D eigenvalue weighted by Crippen LogP contribution is -2.33. The van der Waals surface area contributed by atoms with Gasteiger partial charge >= 0.3 is 0 Å². The minimum Gasteiger partial charge on any atom is -0.394 e. The van der Waals surface area contributed by atoms with E-state index in [2.05, 4.69) is 9.97 Å². The number of nitrogens with one attached hydrogen (secondary N) is 1. The number of nitrogens with two attached hydrogens (primary N) is 2. The molecule has 120 valence electrons. The number of H-pyrrole nitrogens is 1. The molecule has 0 unspecified atom stereocenters. The highest BCUT2D eigenvalue weighted by Gasteiger charge is 2.44. The largest absolute Gasteiger partial charge is 0.394 e. The first-order chi connectivity index (χ1) is 10.5. The van der Waals surface area contributed by atoms with Crippen LogP contribution in [0.4, 0.5) is 5.95 Å². The smallest absolute Gasteiger partial charge is 0.262 e. The number of hydrogen-bond acceptors (Lipinski definition) is 8. The number of hydrogen-bond donors (Lipinski definition) is 6. The number of aliphatic hydroxyl groups excluding tert-OH is 3. The number of nitrogens with zero attached hydrogens (tertiary/aromatic N) is 2. The first-order valence-electron chi connectivity index (χ1n) is 6.69. The van der Waals surface area contributed by atoms with Crippen molar-refractivity contribution in [3.63, 3.8) is 0 Å². The van der Waals surface area contributed by atoms with Gasteiger partial charge < -0.3 is 36.1 Å². The summed E-state index contributed by atoms with van der Waals surface area (Å²) in [4.78, 5) is 18.5. The highest BCUT2D eigenvalue weighted by Crippen LogP contribution is 2.32. The lowest BCUT2D eigenvalue weighted by Gasteiger charge is -2.17. The van der Waals surface area contributed by atoms with E-state index < -0.39 is 36.7 Å². The Hall–Kier alpha value is -1.98. The molecule has 0 radical (unpaired) electrons. The number of rotatable bonds is 3. The molecule has 22 heavy (non-hydrogen) atoms. The number of aromatic amines is 1. The first kappa shape index (κ1) is 14.9. The Balaban J connectivity index is 2.18. The van der Waals surface area contributed by atoms with E-state index in [1.165, 1.54) is 10.8 Å². The van der Waals surface area contributed by atoms with Gasteiger partial charge in [0.1, 0.15) is 18.3 Å². The van der Waals surface area contributed by atoms with E-state index in [4.69, 9.17) is 21.3 Å². The minimum atomic E-state index is -1.29. The molecule has 0 saturated carbocycles. The Bertz CT molecular complexity index is 756. The molecule has 4 atom stereocenters. The Morgan fingerprint density at radius 1 is 1.41 bits per heavy atom. The maximum absolute atomic E-state index is 12.0. The van der Waals surface area contributed by atoms with Crippen LogP contribution in [-0.4, -0.2) is 54.8 Å². The average Bonchev–Trinajstić information content (AvgIpc) is 2.98. The molecule has 0 aliphatic carbocycles. The zero-order chi connectivity index (χ0) is 16.0. The Kier molecular flexibility index (Phi) is 3.62. The van der Waals surface area contributed by atoms with Gasteiger partial charge in [-0.05, 0) is 5.56 Å². The third kappa shape index (κ3) is 2.09.